The van der Waals surface area contributed by atoms with E-state index in [1.165, 1.54) is 0 Å². The van der Waals surface area contributed by atoms with Crippen molar-refractivity contribution in [3.05, 3.63) is 24.2 Å². The number of pyridine rings is 1. The van der Waals surface area contributed by atoms with Gasteiger partial charge in [0, 0.05) is 31.7 Å². The summed E-state index contributed by atoms with van der Waals surface area (Å²) in [6.07, 6.45) is 4.27. The quantitative estimate of drug-likeness (QED) is 0.812. The molecule has 2 aromatic rings. The van der Waals surface area contributed by atoms with Crippen molar-refractivity contribution in [1.82, 2.24) is 18.8 Å². The molecule has 2 aromatic heterocycles. The molecule has 0 amide bonds. The highest BCUT2D eigenvalue weighted by Crippen LogP contribution is 2.30. The summed E-state index contributed by atoms with van der Waals surface area (Å²) in [5, 5.41) is 0. The molecular formula is C16H24N4O2S. The van der Waals surface area contributed by atoms with Crippen LogP contribution in [0.4, 0.5) is 0 Å². The lowest BCUT2D eigenvalue weighted by Gasteiger charge is -2.16. The second kappa shape index (κ2) is 6.57. The van der Waals surface area contributed by atoms with Crippen LogP contribution in [0.5, 0.6) is 0 Å². The van der Waals surface area contributed by atoms with Crippen LogP contribution in [-0.4, -0.2) is 46.1 Å². The number of fused-ring (bicyclic) bond motifs is 1. The second-order valence-electron chi connectivity index (χ2n) is 6.13. The molecular weight excluding hydrogens is 312 g/mol. The fraction of sp³-hybridized carbons (Fsp3) is 0.625. The lowest BCUT2D eigenvalue weighted by atomic mass is 10.1. The minimum Gasteiger partial charge on any atom is -0.312 e. The molecule has 3 rings (SSSR count). The summed E-state index contributed by atoms with van der Waals surface area (Å²) in [7, 11) is -3.13. The van der Waals surface area contributed by atoms with Crippen LogP contribution in [0.15, 0.2) is 18.3 Å². The Bertz CT molecular complexity index is 784. The van der Waals surface area contributed by atoms with Gasteiger partial charge in [0.05, 0.1) is 5.75 Å². The molecule has 7 heteroatoms. The molecule has 0 spiro atoms. The first-order valence-corrected chi connectivity index (χ1v) is 9.96. The summed E-state index contributed by atoms with van der Waals surface area (Å²) in [5.74, 6) is 1.37. The zero-order chi connectivity index (χ0) is 16.4. The Morgan fingerprint density at radius 2 is 2.13 bits per heavy atom. The van der Waals surface area contributed by atoms with E-state index in [9.17, 15) is 8.42 Å². The van der Waals surface area contributed by atoms with Crippen molar-refractivity contribution in [2.75, 3.05) is 18.8 Å². The molecule has 0 N–H and O–H groups in total. The molecule has 0 saturated carbocycles. The standard InChI is InChI=1S/C16H24N4O2S/c1-3-9-20-15(18-14-6-5-8-17-16(14)20)13-7-10-19(12-13)23(21,22)11-4-2/h5-6,8,13H,3-4,7,9-12H2,1-2H3/t13-/m1/s1. The average Bonchev–Trinajstić information content (AvgIpc) is 3.13. The predicted molar refractivity (Wildman–Crippen MR) is 90.8 cm³/mol. The summed E-state index contributed by atoms with van der Waals surface area (Å²) in [6.45, 7) is 6.02. The molecule has 6 nitrogen and oxygen atoms in total. The summed E-state index contributed by atoms with van der Waals surface area (Å²) in [5.41, 5.74) is 1.80. The Labute approximate surface area is 137 Å². The zero-order valence-corrected chi connectivity index (χ0v) is 14.6. The average molecular weight is 336 g/mol. The highest BCUT2D eigenvalue weighted by molar-refractivity contribution is 7.89. The maximum absolute atomic E-state index is 12.3. The number of hydrogen-bond acceptors (Lipinski definition) is 4. The monoisotopic (exact) mass is 336 g/mol. The van der Waals surface area contributed by atoms with Crippen molar-refractivity contribution in [2.24, 2.45) is 0 Å². The predicted octanol–water partition coefficient (Wildman–Crippen LogP) is 2.37. The van der Waals surface area contributed by atoms with Gasteiger partial charge in [0.25, 0.3) is 0 Å². The van der Waals surface area contributed by atoms with Gasteiger partial charge in [-0.3, -0.25) is 0 Å². The molecule has 23 heavy (non-hydrogen) atoms. The molecule has 0 radical (unpaired) electrons. The van der Waals surface area contributed by atoms with E-state index < -0.39 is 10.0 Å². The number of hydrogen-bond donors (Lipinski definition) is 0. The summed E-state index contributed by atoms with van der Waals surface area (Å²) >= 11 is 0. The van der Waals surface area contributed by atoms with Crippen molar-refractivity contribution >= 4 is 21.2 Å². The maximum atomic E-state index is 12.3. The minimum absolute atomic E-state index is 0.155. The molecule has 1 fully saturated rings. The number of imidazole rings is 1. The number of aryl methyl sites for hydroxylation is 1. The Morgan fingerprint density at radius 1 is 1.30 bits per heavy atom. The maximum Gasteiger partial charge on any atom is 0.214 e. The van der Waals surface area contributed by atoms with Crippen LogP contribution in [0.25, 0.3) is 11.2 Å². The van der Waals surface area contributed by atoms with Crippen molar-refractivity contribution in [2.45, 2.75) is 45.6 Å². The van der Waals surface area contributed by atoms with E-state index in [1.807, 2.05) is 19.1 Å². The van der Waals surface area contributed by atoms with Crippen LogP contribution >= 0.6 is 0 Å². The van der Waals surface area contributed by atoms with Crippen LogP contribution in [0.3, 0.4) is 0 Å². The van der Waals surface area contributed by atoms with Gasteiger partial charge in [-0.05, 0) is 31.4 Å². The Morgan fingerprint density at radius 3 is 2.87 bits per heavy atom. The van der Waals surface area contributed by atoms with Crippen molar-refractivity contribution < 1.29 is 8.42 Å². The zero-order valence-electron chi connectivity index (χ0n) is 13.8. The van der Waals surface area contributed by atoms with E-state index in [4.69, 9.17) is 4.98 Å². The van der Waals surface area contributed by atoms with E-state index in [1.54, 1.807) is 10.5 Å². The third-order valence-corrected chi connectivity index (χ3v) is 6.39. The SMILES string of the molecule is CCCn1c([C@@H]2CCN(S(=O)(=O)CCC)C2)nc2cccnc21. The first-order valence-electron chi connectivity index (χ1n) is 8.35. The van der Waals surface area contributed by atoms with Crippen molar-refractivity contribution in [3.63, 3.8) is 0 Å². The van der Waals surface area contributed by atoms with Crippen molar-refractivity contribution in [1.29, 1.82) is 0 Å². The largest absolute Gasteiger partial charge is 0.312 e. The van der Waals surface area contributed by atoms with Crippen LogP contribution < -0.4 is 0 Å². The molecule has 1 saturated heterocycles. The minimum atomic E-state index is -3.13. The van der Waals surface area contributed by atoms with Gasteiger partial charge in [0.2, 0.25) is 10.0 Å². The lowest BCUT2D eigenvalue weighted by Crippen LogP contribution is -2.30. The molecule has 0 aromatic carbocycles. The Balaban J connectivity index is 1.91. The molecule has 0 aliphatic carbocycles. The summed E-state index contributed by atoms with van der Waals surface area (Å²) < 4.78 is 28.3. The second-order valence-corrected chi connectivity index (χ2v) is 8.22. The third kappa shape index (κ3) is 3.12. The smallest absolute Gasteiger partial charge is 0.214 e. The van der Waals surface area contributed by atoms with Crippen LogP contribution in [0, 0.1) is 0 Å². The van der Waals surface area contributed by atoms with Gasteiger partial charge >= 0.3 is 0 Å². The normalized spacial score (nSPS) is 19.7. The van der Waals surface area contributed by atoms with Gasteiger partial charge < -0.3 is 4.57 Å². The topological polar surface area (TPSA) is 68.1 Å². The first kappa shape index (κ1) is 16.4. The van der Waals surface area contributed by atoms with E-state index in [0.29, 0.717) is 19.5 Å². The van der Waals surface area contributed by atoms with E-state index in [-0.39, 0.29) is 11.7 Å². The molecule has 1 aliphatic rings. The molecule has 0 bridgehead atoms. The fourth-order valence-corrected chi connectivity index (χ4v) is 4.88. The molecule has 1 atom stereocenters. The summed E-state index contributed by atoms with van der Waals surface area (Å²) in [6, 6.07) is 3.86. The molecule has 126 valence electrons. The van der Waals surface area contributed by atoms with Gasteiger partial charge in [0.15, 0.2) is 5.65 Å². The molecule has 1 aliphatic heterocycles. The first-order chi connectivity index (χ1) is 11.1. The van der Waals surface area contributed by atoms with Crippen LogP contribution in [-0.2, 0) is 16.6 Å². The number of rotatable bonds is 6. The highest BCUT2D eigenvalue weighted by atomic mass is 32.2. The van der Waals surface area contributed by atoms with Gasteiger partial charge in [-0.25, -0.2) is 22.7 Å². The van der Waals surface area contributed by atoms with Crippen molar-refractivity contribution in [3.8, 4) is 0 Å². The molecule has 0 unspecified atom stereocenters. The van der Waals surface area contributed by atoms with Crippen LogP contribution in [0.1, 0.15) is 44.9 Å². The van der Waals surface area contributed by atoms with Gasteiger partial charge in [-0.15, -0.1) is 0 Å². The lowest BCUT2D eigenvalue weighted by molar-refractivity contribution is 0.468. The van der Waals surface area contributed by atoms with E-state index >= 15 is 0 Å². The third-order valence-electron chi connectivity index (χ3n) is 4.35. The highest BCUT2D eigenvalue weighted by Gasteiger charge is 2.34. The Hall–Kier alpha value is -1.47. The van der Waals surface area contributed by atoms with Gasteiger partial charge in [-0.1, -0.05) is 13.8 Å². The number of aromatic nitrogens is 3. The van der Waals surface area contributed by atoms with Crippen LogP contribution in [0.2, 0.25) is 0 Å². The molecule has 3 heterocycles. The van der Waals surface area contributed by atoms with Gasteiger partial charge in [-0.2, -0.15) is 0 Å². The Kier molecular flexibility index (Phi) is 4.68. The number of sulfonamides is 1. The summed E-state index contributed by atoms with van der Waals surface area (Å²) in [4.78, 5) is 9.21. The number of nitrogens with zero attached hydrogens (tertiary/aromatic N) is 4. The van der Waals surface area contributed by atoms with Gasteiger partial charge in [0.1, 0.15) is 11.3 Å². The fourth-order valence-electron chi connectivity index (χ4n) is 3.31. The van der Waals surface area contributed by atoms with E-state index in [2.05, 4.69) is 16.5 Å². The van der Waals surface area contributed by atoms with E-state index in [0.717, 1.165) is 36.4 Å².